The van der Waals surface area contributed by atoms with Crippen molar-refractivity contribution in [3.63, 3.8) is 0 Å². The molecule has 6 heteroatoms. The maximum Gasteiger partial charge on any atom is 0.339 e. The Labute approximate surface area is 175 Å². The van der Waals surface area contributed by atoms with E-state index in [2.05, 4.69) is 26.1 Å². The Morgan fingerprint density at radius 3 is 2.53 bits per heavy atom. The Kier molecular flexibility index (Phi) is 4.71. The van der Waals surface area contributed by atoms with Crippen molar-refractivity contribution in [1.82, 2.24) is 0 Å². The number of hydrogen-bond acceptors (Lipinski definition) is 4. The van der Waals surface area contributed by atoms with Gasteiger partial charge in [0.15, 0.2) is 0 Å². The quantitative estimate of drug-likeness (QED) is 0.521. The molecule has 4 rings (SSSR count). The summed E-state index contributed by atoms with van der Waals surface area (Å²) in [6.45, 7) is 6.92. The van der Waals surface area contributed by atoms with Crippen molar-refractivity contribution in [2.24, 2.45) is 16.7 Å². The van der Waals surface area contributed by atoms with Crippen LogP contribution in [-0.4, -0.2) is 21.3 Å². The van der Waals surface area contributed by atoms with Crippen molar-refractivity contribution in [2.45, 2.75) is 52.5 Å². The van der Waals surface area contributed by atoms with E-state index in [0.717, 1.165) is 19.3 Å². The summed E-state index contributed by atoms with van der Waals surface area (Å²) >= 11 is 0. The second kappa shape index (κ2) is 6.89. The lowest BCUT2D eigenvalue weighted by Crippen LogP contribution is -2.31. The van der Waals surface area contributed by atoms with Crippen LogP contribution < -0.4 is 5.32 Å². The van der Waals surface area contributed by atoms with Crippen LogP contribution in [0.3, 0.4) is 0 Å². The second-order valence-corrected chi connectivity index (χ2v) is 9.52. The van der Waals surface area contributed by atoms with Gasteiger partial charge in [-0.3, -0.25) is 0 Å². The average Bonchev–Trinajstić information content (AvgIpc) is 3.02. The molecule has 2 aromatic rings. The molecule has 2 saturated carbocycles. The first kappa shape index (κ1) is 20.5. The predicted molar refractivity (Wildman–Crippen MR) is 112 cm³/mol. The molecule has 0 spiro atoms. The molecule has 0 aromatic heterocycles. The maximum atomic E-state index is 13.6. The fraction of sp³-hybridized carbons (Fsp3) is 0.458. The largest absolute Gasteiger partial charge is 0.508 e. The summed E-state index contributed by atoms with van der Waals surface area (Å²) in [5, 5.41) is 33.8. The number of benzene rings is 2. The number of carboxylic acids is 1. The highest BCUT2D eigenvalue weighted by Gasteiger charge is 2.62. The van der Waals surface area contributed by atoms with Crippen molar-refractivity contribution in [1.29, 1.82) is 0 Å². The lowest BCUT2D eigenvalue weighted by Gasteiger charge is -2.40. The number of rotatable bonds is 5. The van der Waals surface area contributed by atoms with E-state index in [1.165, 1.54) is 24.3 Å². The third kappa shape index (κ3) is 2.92. The molecule has 2 aliphatic carbocycles. The first-order valence-corrected chi connectivity index (χ1v) is 10.4. The van der Waals surface area contributed by atoms with E-state index < -0.39 is 11.8 Å². The van der Waals surface area contributed by atoms with Crippen LogP contribution in [0.25, 0.3) is 0 Å². The molecule has 0 amide bonds. The van der Waals surface area contributed by atoms with Crippen molar-refractivity contribution in [3.05, 3.63) is 52.8 Å². The summed E-state index contributed by atoms with van der Waals surface area (Å²) in [6, 6.07) is 6.80. The summed E-state index contributed by atoms with van der Waals surface area (Å²) in [6.07, 6.45) is 3.05. The Hall–Kier alpha value is -2.76. The maximum absolute atomic E-state index is 13.6. The van der Waals surface area contributed by atoms with Gasteiger partial charge in [-0.25, -0.2) is 9.18 Å². The predicted octanol–water partition coefficient (Wildman–Crippen LogP) is 5.48. The van der Waals surface area contributed by atoms with Crippen molar-refractivity contribution >= 4 is 11.7 Å². The normalized spacial score (nSPS) is 26.7. The molecule has 4 N–H and O–H groups in total. The summed E-state index contributed by atoms with van der Waals surface area (Å²) < 4.78 is 13.6. The SMILES string of the molecule is CC1(C)C2CCC1(C)C(c1c(NCc3cc(F)ccc3O)ccc(C(=O)O)c1O)C2. The van der Waals surface area contributed by atoms with Crippen LogP contribution in [0.2, 0.25) is 0 Å². The Morgan fingerprint density at radius 1 is 1.20 bits per heavy atom. The van der Waals surface area contributed by atoms with Gasteiger partial charge in [0.05, 0.1) is 0 Å². The number of anilines is 1. The van der Waals surface area contributed by atoms with Gasteiger partial charge in [0, 0.05) is 23.4 Å². The molecular weight excluding hydrogens is 385 g/mol. The minimum atomic E-state index is -1.17. The first-order valence-electron chi connectivity index (χ1n) is 10.4. The molecule has 2 fully saturated rings. The van der Waals surface area contributed by atoms with Gasteiger partial charge in [-0.05, 0) is 72.3 Å². The van der Waals surface area contributed by atoms with E-state index in [1.54, 1.807) is 6.07 Å². The fourth-order valence-corrected chi connectivity index (χ4v) is 5.81. The monoisotopic (exact) mass is 413 g/mol. The summed E-state index contributed by atoms with van der Waals surface area (Å²) in [5.41, 5.74) is 1.53. The number of fused-ring (bicyclic) bond motifs is 2. The second-order valence-electron chi connectivity index (χ2n) is 9.52. The lowest BCUT2D eigenvalue weighted by molar-refractivity contribution is 0.0693. The van der Waals surface area contributed by atoms with Crippen LogP contribution in [0.15, 0.2) is 30.3 Å². The molecule has 5 nitrogen and oxygen atoms in total. The van der Waals surface area contributed by atoms with E-state index in [4.69, 9.17) is 0 Å². The molecule has 3 atom stereocenters. The minimum Gasteiger partial charge on any atom is -0.508 e. The zero-order valence-corrected chi connectivity index (χ0v) is 17.5. The standard InChI is InChI=1S/C24H28FNO4/c1-23(2)14-8-9-24(23,3)17(11-14)20-18(6-5-16(21(20)28)22(29)30)26-12-13-10-15(25)4-7-19(13)27/h4-7,10,14,17,26-28H,8-9,11-12H2,1-3H3,(H,29,30). The van der Waals surface area contributed by atoms with Crippen LogP contribution in [0.1, 0.15) is 67.4 Å². The Balaban J connectivity index is 1.76. The molecule has 2 aromatic carbocycles. The van der Waals surface area contributed by atoms with Gasteiger partial charge in [-0.15, -0.1) is 0 Å². The van der Waals surface area contributed by atoms with Gasteiger partial charge >= 0.3 is 5.97 Å². The Morgan fingerprint density at radius 2 is 1.93 bits per heavy atom. The number of halogens is 1. The van der Waals surface area contributed by atoms with Gasteiger partial charge in [0.1, 0.15) is 22.9 Å². The van der Waals surface area contributed by atoms with E-state index in [1.807, 2.05) is 0 Å². The molecule has 3 unspecified atom stereocenters. The van der Waals surface area contributed by atoms with E-state index in [-0.39, 0.29) is 40.4 Å². The fourth-order valence-electron chi connectivity index (χ4n) is 5.81. The van der Waals surface area contributed by atoms with E-state index in [0.29, 0.717) is 22.7 Å². The number of carboxylic acid groups (broad SMARTS) is 1. The molecule has 0 saturated heterocycles. The van der Waals surface area contributed by atoms with Gasteiger partial charge in [-0.2, -0.15) is 0 Å². The number of phenols is 2. The Bertz CT molecular complexity index is 1020. The van der Waals surface area contributed by atoms with Crippen LogP contribution in [0.5, 0.6) is 11.5 Å². The van der Waals surface area contributed by atoms with Gasteiger partial charge in [0.2, 0.25) is 0 Å². The zero-order valence-electron chi connectivity index (χ0n) is 17.5. The summed E-state index contributed by atoms with van der Waals surface area (Å²) in [7, 11) is 0. The minimum absolute atomic E-state index is 0.00848. The third-order valence-electron chi connectivity index (χ3n) is 8.10. The highest BCUT2D eigenvalue weighted by molar-refractivity contribution is 5.92. The molecule has 160 valence electrons. The molecule has 0 aliphatic heterocycles. The highest BCUT2D eigenvalue weighted by atomic mass is 19.1. The molecular formula is C24H28FNO4. The van der Waals surface area contributed by atoms with Gasteiger partial charge in [0.25, 0.3) is 0 Å². The van der Waals surface area contributed by atoms with Crippen LogP contribution in [-0.2, 0) is 6.54 Å². The van der Waals surface area contributed by atoms with Gasteiger partial charge < -0.3 is 20.6 Å². The van der Waals surface area contributed by atoms with Gasteiger partial charge in [-0.1, -0.05) is 20.8 Å². The first-order chi connectivity index (χ1) is 14.1. The van der Waals surface area contributed by atoms with Crippen LogP contribution in [0, 0.1) is 22.6 Å². The number of nitrogens with one attached hydrogen (secondary N) is 1. The van der Waals surface area contributed by atoms with E-state index in [9.17, 15) is 24.5 Å². The van der Waals surface area contributed by atoms with Crippen molar-refractivity contribution in [2.75, 3.05) is 5.32 Å². The molecule has 30 heavy (non-hydrogen) atoms. The summed E-state index contributed by atoms with van der Waals surface area (Å²) in [5.74, 6) is -1.32. The van der Waals surface area contributed by atoms with Crippen molar-refractivity contribution in [3.8, 4) is 11.5 Å². The third-order valence-corrected chi connectivity index (χ3v) is 8.10. The number of hydrogen-bond donors (Lipinski definition) is 4. The topological polar surface area (TPSA) is 89.8 Å². The van der Waals surface area contributed by atoms with Crippen LogP contribution in [0.4, 0.5) is 10.1 Å². The number of aromatic hydroxyl groups is 2. The number of aromatic carboxylic acids is 1. The average molecular weight is 413 g/mol. The molecule has 0 radical (unpaired) electrons. The molecule has 2 bridgehead atoms. The zero-order chi connectivity index (χ0) is 21.8. The number of phenolic OH excluding ortho intramolecular Hbond substituents is 1. The molecule has 0 heterocycles. The van der Waals surface area contributed by atoms with Crippen molar-refractivity contribution < 1.29 is 24.5 Å². The van der Waals surface area contributed by atoms with Crippen LogP contribution >= 0.6 is 0 Å². The molecule has 2 aliphatic rings. The summed E-state index contributed by atoms with van der Waals surface area (Å²) in [4.78, 5) is 11.7. The number of carbonyl (C=O) groups is 1. The smallest absolute Gasteiger partial charge is 0.339 e. The van der Waals surface area contributed by atoms with E-state index >= 15 is 0 Å². The lowest BCUT2D eigenvalue weighted by atomic mass is 9.64. The highest BCUT2D eigenvalue weighted by Crippen LogP contribution is 2.72.